The number of nitrogens with zero attached hydrogens (tertiary/aromatic N) is 3. The molecule has 1 unspecified atom stereocenters. The Hall–Kier alpha value is -6.02. The highest BCUT2D eigenvalue weighted by molar-refractivity contribution is 7.87. The van der Waals surface area contributed by atoms with Crippen molar-refractivity contribution in [3.63, 3.8) is 0 Å². The Labute approximate surface area is 325 Å². The molecule has 3 amide bonds. The number of alkyl halides is 3. The average Bonchev–Trinajstić information content (AvgIpc) is 3.74. The van der Waals surface area contributed by atoms with Crippen LogP contribution in [0.25, 0.3) is 0 Å². The summed E-state index contributed by atoms with van der Waals surface area (Å²) in [5, 5.41) is 25.2. The van der Waals surface area contributed by atoms with Crippen LogP contribution in [0.5, 0.6) is 23.0 Å². The number of carbonyl (C=O) groups excluding carboxylic acids is 3. The molecule has 0 bridgehead atoms. The van der Waals surface area contributed by atoms with E-state index < -0.39 is 40.2 Å². The number of phenolic OH excluding ortho intramolecular Hbond substituents is 1. The number of benzene rings is 3. The molecule has 0 aliphatic carbocycles. The van der Waals surface area contributed by atoms with E-state index in [4.69, 9.17) is 33.8 Å². The van der Waals surface area contributed by atoms with Gasteiger partial charge in [0.1, 0.15) is 35.7 Å². The molecule has 0 spiro atoms. The lowest BCUT2D eigenvalue weighted by Gasteiger charge is -2.46. The second-order valence-corrected chi connectivity index (χ2v) is 15.3. The maximum atomic E-state index is 14.2. The number of likely N-dealkylation sites (N-methyl/N-ethyl adjacent to an activating group) is 1. The van der Waals surface area contributed by atoms with E-state index >= 15 is 0 Å². The van der Waals surface area contributed by atoms with Gasteiger partial charge in [0.25, 0.3) is 0 Å². The number of nitrogens with one attached hydrogen (secondary N) is 1. The topological polar surface area (TPSA) is 224 Å². The molecule has 1 aromatic heterocycles. The molecule has 0 radical (unpaired) electrons. The summed E-state index contributed by atoms with van der Waals surface area (Å²) in [5.41, 5.74) is 8.32. The fourth-order valence-electron chi connectivity index (χ4n) is 6.79. The third-order valence-corrected chi connectivity index (χ3v) is 10.8. The summed E-state index contributed by atoms with van der Waals surface area (Å²) in [6.45, 7) is 5.24. The third kappa shape index (κ3) is 10.6. The molecule has 3 aromatic carbocycles. The molecule has 20 heteroatoms. The van der Waals surface area contributed by atoms with Gasteiger partial charge >= 0.3 is 22.3 Å². The minimum atomic E-state index is -5.19. The number of ether oxygens (including phenoxy) is 2. The maximum absolute atomic E-state index is 14.2. The summed E-state index contributed by atoms with van der Waals surface area (Å²) >= 11 is 0. The van der Waals surface area contributed by atoms with Crippen LogP contribution in [0.2, 0.25) is 0 Å². The number of urea groups is 1. The number of likely N-dealkylation sites (tertiary alicyclic amines) is 1. The summed E-state index contributed by atoms with van der Waals surface area (Å²) in [6.07, 6.45) is -3.61. The molecule has 306 valence electrons. The maximum Gasteiger partial charge on any atom is 0.430 e. The first-order valence-corrected chi connectivity index (χ1v) is 18.8. The van der Waals surface area contributed by atoms with Crippen molar-refractivity contribution in [2.24, 2.45) is 5.73 Å². The molecule has 3 heterocycles. The van der Waals surface area contributed by atoms with Crippen LogP contribution < -0.4 is 29.8 Å². The van der Waals surface area contributed by atoms with E-state index in [0.29, 0.717) is 41.2 Å². The lowest BCUT2D eigenvalue weighted by atomic mass is 9.96. The number of aliphatic carboxylic acids is 1. The fraction of sp³-hybridized carbons (Fsp3) is 0.351. The van der Waals surface area contributed by atoms with E-state index in [9.17, 15) is 36.3 Å². The summed E-state index contributed by atoms with van der Waals surface area (Å²) in [5.74, 6) is -2.07. The molecule has 2 aliphatic heterocycles. The molecule has 6 rings (SSSR count). The number of quaternary nitrogens is 1. The van der Waals surface area contributed by atoms with Gasteiger partial charge < -0.3 is 53.6 Å². The molecule has 16 nitrogen and oxygen atoms in total. The van der Waals surface area contributed by atoms with Gasteiger partial charge in [0.2, 0.25) is 12.7 Å². The molecule has 1 fully saturated rings. The minimum Gasteiger partial charge on any atom is -0.542 e. The van der Waals surface area contributed by atoms with Gasteiger partial charge in [0.05, 0.1) is 26.2 Å². The average molecular weight is 820 g/mol. The Balaban J connectivity index is 0.000000811. The number of amides is 3. The predicted octanol–water partition coefficient (Wildman–Crippen LogP) is 3.53. The van der Waals surface area contributed by atoms with Gasteiger partial charge in [-0.25, -0.2) is 4.79 Å². The number of anilines is 1. The van der Waals surface area contributed by atoms with E-state index in [2.05, 4.69) is 17.5 Å². The Morgan fingerprint density at radius 3 is 2.28 bits per heavy atom. The summed E-state index contributed by atoms with van der Waals surface area (Å²) < 4.78 is 79.3. The van der Waals surface area contributed by atoms with Crippen molar-refractivity contribution in [2.45, 2.75) is 62.8 Å². The van der Waals surface area contributed by atoms with Crippen LogP contribution in [0.1, 0.15) is 35.4 Å². The van der Waals surface area contributed by atoms with E-state index in [-0.39, 0.29) is 47.1 Å². The number of phenols is 1. The van der Waals surface area contributed by atoms with Crippen LogP contribution in [-0.4, -0.2) is 91.2 Å². The number of nitrogens with two attached hydrogens (primary N) is 1. The number of piperidine rings is 1. The Bertz CT molecular complexity index is 2180. The van der Waals surface area contributed by atoms with Crippen molar-refractivity contribution >= 4 is 33.7 Å². The quantitative estimate of drug-likeness (QED) is 0.146. The van der Waals surface area contributed by atoms with Crippen molar-refractivity contribution in [2.75, 3.05) is 32.2 Å². The summed E-state index contributed by atoms with van der Waals surface area (Å²) in [7, 11) is -2.09. The standard InChI is InChI=1S/C35H39N5O9S.C2HF3O2/c1-22-33(23(2)48-38-22)50(44,45)49-29-13-9-26(10-14-29)37-35(43)39(30(34(36)42)17-24-6-11-28(41)12-7-24)27-5-4-16-40(3,20-27)19-25-8-15-31-32(18-25)47-21-46-31;3-2(4,5)1(6)7/h6-15,18,27,30H,4-5,16-17,19-21H2,1-3H3,(H3-,36,37,41,42,43);(H,6,7)/t27-,30-,40?;/m0./s1. The van der Waals surface area contributed by atoms with Crippen molar-refractivity contribution in [3.05, 3.63) is 89.3 Å². The van der Waals surface area contributed by atoms with Crippen molar-refractivity contribution < 1.29 is 68.8 Å². The molecular weight excluding hydrogens is 779 g/mol. The SMILES string of the molecule is Cc1noc(C)c1S(=O)(=O)Oc1ccc(NC(=O)N([C@H]2CCC[N+](C)(Cc3ccc4c(c3)OCO4)C2)[C@@H](Cc2ccc(O)cc2)C(N)=O)cc1.O=C([O-])C(F)(F)F. The predicted molar refractivity (Wildman–Crippen MR) is 192 cm³/mol. The van der Waals surface area contributed by atoms with Gasteiger partial charge in [0, 0.05) is 17.7 Å². The highest BCUT2D eigenvalue weighted by Crippen LogP contribution is 2.35. The van der Waals surface area contributed by atoms with Crippen LogP contribution in [0.15, 0.2) is 76.1 Å². The minimum absolute atomic E-state index is 0.0195. The molecule has 4 N–H and O–H groups in total. The summed E-state index contributed by atoms with van der Waals surface area (Å²) in [4.78, 5) is 37.5. The van der Waals surface area contributed by atoms with Gasteiger partial charge in [-0.05, 0) is 86.8 Å². The highest BCUT2D eigenvalue weighted by Gasteiger charge is 2.41. The molecule has 57 heavy (non-hydrogen) atoms. The second-order valence-electron chi connectivity index (χ2n) is 13.8. The van der Waals surface area contributed by atoms with Crippen molar-refractivity contribution in [1.29, 1.82) is 0 Å². The van der Waals surface area contributed by atoms with E-state index in [1.165, 1.54) is 55.1 Å². The Morgan fingerprint density at radius 1 is 1.05 bits per heavy atom. The normalized spacial score (nSPS) is 18.1. The number of aryl methyl sites for hydroxylation is 2. The van der Waals surface area contributed by atoms with Crippen LogP contribution in [-0.2, 0) is 32.7 Å². The number of aromatic nitrogens is 1. The lowest BCUT2D eigenvalue weighted by molar-refractivity contribution is -0.928. The van der Waals surface area contributed by atoms with Gasteiger partial charge in [-0.2, -0.15) is 21.6 Å². The zero-order chi connectivity index (χ0) is 41.7. The van der Waals surface area contributed by atoms with E-state index in [1.807, 2.05) is 18.2 Å². The highest BCUT2D eigenvalue weighted by atomic mass is 32.2. The second kappa shape index (κ2) is 17.0. The Morgan fingerprint density at radius 2 is 1.68 bits per heavy atom. The first-order chi connectivity index (χ1) is 26.7. The number of primary amides is 1. The number of hydrogen-bond donors (Lipinski definition) is 3. The molecular formula is C37H40F3N5O11S. The van der Waals surface area contributed by atoms with Crippen molar-refractivity contribution in [3.8, 4) is 23.0 Å². The van der Waals surface area contributed by atoms with E-state index in [0.717, 1.165) is 24.1 Å². The molecule has 0 saturated carbocycles. The zero-order valence-corrected chi connectivity index (χ0v) is 31.8. The number of rotatable bonds is 11. The number of halogens is 3. The van der Waals surface area contributed by atoms with Crippen molar-refractivity contribution in [1.82, 2.24) is 10.1 Å². The van der Waals surface area contributed by atoms with E-state index in [1.54, 1.807) is 12.1 Å². The Kier molecular flexibility index (Phi) is 12.6. The molecule has 3 atom stereocenters. The summed E-state index contributed by atoms with van der Waals surface area (Å²) in [6, 6.07) is 16.2. The third-order valence-electron chi connectivity index (χ3n) is 9.31. The number of fused-ring (bicyclic) bond motifs is 1. The van der Waals surface area contributed by atoms with Crippen LogP contribution in [0, 0.1) is 13.8 Å². The largest absolute Gasteiger partial charge is 0.542 e. The number of hydrogen-bond acceptors (Lipinski definition) is 12. The molecule has 1 saturated heterocycles. The van der Waals surface area contributed by atoms with Gasteiger partial charge in [0.15, 0.2) is 22.2 Å². The monoisotopic (exact) mass is 819 g/mol. The van der Waals surface area contributed by atoms with Crippen LogP contribution >= 0.6 is 0 Å². The van der Waals surface area contributed by atoms with Gasteiger partial charge in [-0.15, -0.1) is 0 Å². The number of aromatic hydroxyl groups is 1. The molecule has 4 aromatic rings. The molecule has 2 aliphatic rings. The number of carboxylic acids is 1. The lowest BCUT2D eigenvalue weighted by Crippen LogP contribution is -2.62. The number of carboxylic acid groups (broad SMARTS) is 1. The first kappa shape index (κ1) is 42.1. The van der Waals surface area contributed by atoms with Gasteiger partial charge in [-0.3, -0.25) is 4.79 Å². The number of carbonyl (C=O) groups is 3. The first-order valence-electron chi connectivity index (χ1n) is 17.4. The van der Waals surface area contributed by atoms with Crippen LogP contribution in [0.3, 0.4) is 0 Å². The smallest absolute Gasteiger partial charge is 0.430 e. The van der Waals surface area contributed by atoms with Crippen LogP contribution in [0.4, 0.5) is 23.7 Å². The zero-order valence-electron chi connectivity index (χ0n) is 30.9. The fourth-order valence-corrected chi connectivity index (χ4v) is 8.02. The van der Waals surface area contributed by atoms with Gasteiger partial charge in [-0.1, -0.05) is 17.3 Å².